The molecule has 3 rings (SSSR count). The number of ether oxygens (including phenoxy) is 1. The van der Waals surface area contributed by atoms with Crippen LogP contribution in [-0.2, 0) is 15.6 Å². The number of nitrogens with one attached hydrogen (secondary N) is 1. The van der Waals surface area contributed by atoms with Crippen molar-refractivity contribution in [3.63, 3.8) is 0 Å². The maximum Gasteiger partial charge on any atom is 0.255 e. The van der Waals surface area contributed by atoms with Crippen LogP contribution < -0.4 is 10.1 Å². The first-order valence-corrected chi connectivity index (χ1v) is 10.8. The summed E-state index contributed by atoms with van der Waals surface area (Å²) in [6.07, 6.45) is 6.11. The number of anilines is 1. The first-order valence-electron chi connectivity index (χ1n) is 8.74. The van der Waals surface area contributed by atoms with Gasteiger partial charge in [-0.15, -0.1) is 0 Å². The summed E-state index contributed by atoms with van der Waals surface area (Å²) in [4.78, 5) is 12.4. The van der Waals surface area contributed by atoms with E-state index in [9.17, 15) is 13.2 Å². The lowest BCUT2D eigenvalue weighted by atomic mass is 10.1. The Hall–Kier alpha value is -2.34. The molecule has 0 radical (unpaired) electrons. The van der Waals surface area contributed by atoms with Crippen LogP contribution in [0.2, 0.25) is 0 Å². The van der Waals surface area contributed by atoms with E-state index in [4.69, 9.17) is 4.74 Å². The molecule has 0 spiro atoms. The summed E-state index contributed by atoms with van der Waals surface area (Å²) >= 11 is 0. The largest absolute Gasteiger partial charge is 0.490 e. The average Bonchev–Trinajstić information content (AvgIpc) is 3.08. The van der Waals surface area contributed by atoms with Crippen LogP contribution in [-0.4, -0.2) is 26.7 Å². The Kier molecular flexibility index (Phi) is 5.61. The van der Waals surface area contributed by atoms with Gasteiger partial charge in [-0.25, -0.2) is 8.42 Å². The highest BCUT2D eigenvalue weighted by atomic mass is 32.2. The molecule has 1 amide bonds. The van der Waals surface area contributed by atoms with E-state index in [1.807, 2.05) is 24.3 Å². The van der Waals surface area contributed by atoms with Crippen LogP contribution in [0.5, 0.6) is 5.75 Å². The van der Waals surface area contributed by atoms with Gasteiger partial charge in [-0.05, 0) is 67.6 Å². The SMILES string of the molecule is CS(=O)(=O)Cc1cccc(C(=O)Nc2ccc(OC3CCCC3)cc2)c1. The summed E-state index contributed by atoms with van der Waals surface area (Å²) in [5.41, 5.74) is 1.69. The van der Waals surface area contributed by atoms with E-state index in [0.717, 1.165) is 18.6 Å². The van der Waals surface area contributed by atoms with Gasteiger partial charge >= 0.3 is 0 Å². The van der Waals surface area contributed by atoms with Gasteiger partial charge in [0, 0.05) is 17.5 Å². The normalized spacial score (nSPS) is 15.0. The number of hydrogen-bond acceptors (Lipinski definition) is 4. The molecule has 0 bridgehead atoms. The molecule has 0 heterocycles. The van der Waals surface area contributed by atoms with Crippen molar-refractivity contribution in [2.24, 2.45) is 0 Å². The standard InChI is InChI=1S/C20H23NO4S/c1-26(23,24)14-15-5-4-6-16(13-15)20(22)21-17-9-11-19(12-10-17)25-18-7-2-3-8-18/h4-6,9-13,18H,2-3,7-8,14H2,1H3,(H,21,22). The van der Waals surface area contributed by atoms with Crippen LogP contribution in [0.25, 0.3) is 0 Å². The van der Waals surface area contributed by atoms with E-state index in [1.165, 1.54) is 19.1 Å². The summed E-state index contributed by atoms with van der Waals surface area (Å²) in [5.74, 6) is 0.455. The Labute approximate surface area is 154 Å². The molecule has 1 saturated carbocycles. The fraction of sp³-hybridized carbons (Fsp3) is 0.350. The topological polar surface area (TPSA) is 72.5 Å². The molecule has 1 N–H and O–H groups in total. The van der Waals surface area contributed by atoms with Crippen LogP contribution in [0.1, 0.15) is 41.6 Å². The average molecular weight is 373 g/mol. The number of benzene rings is 2. The molecule has 2 aromatic carbocycles. The van der Waals surface area contributed by atoms with Crippen molar-refractivity contribution in [2.45, 2.75) is 37.5 Å². The number of hydrogen-bond donors (Lipinski definition) is 1. The number of amides is 1. The smallest absolute Gasteiger partial charge is 0.255 e. The van der Waals surface area contributed by atoms with Crippen molar-refractivity contribution in [2.75, 3.05) is 11.6 Å². The van der Waals surface area contributed by atoms with Crippen molar-refractivity contribution in [3.8, 4) is 5.75 Å². The van der Waals surface area contributed by atoms with E-state index in [1.54, 1.807) is 24.3 Å². The molecule has 2 aromatic rings. The highest BCUT2D eigenvalue weighted by molar-refractivity contribution is 7.89. The Morgan fingerprint density at radius 1 is 1.12 bits per heavy atom. The molecule has 1 aliphatic carbocycles. The second-order valence-corrected chi connectivity index (χ2v) is 8.91. The van der Waals surface area contributed by atoms with Gasteiger partial charge < -0.3 is 10.1 Å². The third kappa shape index (κ3) is 5.33. The van der Waals surface area contributed by atoms with Crippen molar-refractivity contribution >= 4 is 21.4 Å². The van der Waals surface area contributed by atoms with Gasteiger partial charge in [-0.2, -0.15) is 0 Å². The molecular formula is C20H23NO4S. The second-order valence-electron chi connectivity index (χ2n) is 6.77. The minimum atomic E-state index is -3.14. The lowest BCUT2D eigenvalue weighted by Crippen LogP contribution is -2.13. The minimum absolute atomic E-state index is 0.0820. The van der Waals surface area contributed by atoms with Gasteiger partial charge in [0.15, 0.2) is 9.84 Å². The molecule has 0 saturated heterocycles. The fourth-order valence-electron chi connectivity index (χ4n) is 3.12. The third-order valence-electron chi connectivity index (χ3n) is 4.34. The van der Waals surface area contributed by atoms with Crippen LogP contribution in [0.15, 0.2) is 48.5 Å². The predicted molar refractivity (Wildman–Crippen MR) is 102 cm³/mol. The Bertz CT molecular complexity index is 869. The fourth-order valence-corrected chi connectivity index (χ4v) is 3.91. The predicted octanol–water partition coefficient (Wildman–Crippen LogP) is 3.80. The lowest BCUT2D eigenvalue weighted by Gasteiger charge is -2.13. The molecule has 0 atom stereocenters. The summed E-state index contributed by atoms with van der Waals surface area (Å²) in [6.45, 7) is 0. The summed E-state index contributed by atoms with van der Waals surface area (Å²) < 4.78 is 28.7. The lowest BCUT2D eigenvalue weighted by molar-refractivity contribution is 0.102. The molecule has 1 aliphatic rings. The summed E-state index contributed by atoms with van der Waals surface area (Å²) in [6, 6.07) is 14.0. The highest BCUT2D eigenvalue weighted by Crippen LogP contribution is 2.25. The molecule has 138 valence electrons. The number of rotatable bonds is 6. The van der Waals surface area contributed by atoms with E-state index in [2.05, 4.69) is 5.32 Å². The number of carbonyl (C=O) groups is 1. The molecule has 0 unspecified atom stereocenters. The maximum absolute atomic E-state index is 12.4. The molecule has 0 aliphatic heterocycles. The van der Waals surface area contributed by atoms with Gasteiger partial charge in [0.2, 0.25) is 0 Å². The van der Waals surface area contributed by atoms with Crippen LogP contribution in [0, 0.1) is 0 Å². The summed E-state index contributed by atoms with van der Waals surface area (Å²) in [7, 11) is -3.14. The van der Waals surface area contributed by atoms with Gasteiger partial charge in [0.1, 0.15) is 5.75 Å². The van der Waals surface area contributed by atoms with Crippen molar-refractivity contribution in [1.82, 2.24) is 0 Å². The molecule has 26 heavy (non-hydrogen) atoms. The van der Waals surface area contributed by atoms with Crippen LogP contribution in [0.4, 0.5) is 5.69 Å². The molecule has 6 heteroatoms. The number of sulfone groups is 1. The zero-order valence-corrected chi connectivity index (χ0v) is 15.6. The van der Waals surface area contributed by atoms with E-state index in [0.29, 0.717) is 22.9 Å². The van der Waals surface area contributed by atoms with Crippen molar-refractivity contribution in [1.29, 1.82) is 0 Å². The quantitative estimate of drug-likeness (QED) is 0.836. The molecule has 5 nitrogen and oxygen atoms in total. The minimum Gasteiger partial charge on any atom is -0.490 e. The third-order valence-corrected chi connectivity index (χ3v) is 5.19. The van der Waals surface area contributed by atoms with Crippen molar-refractivity contribution < 1.29 is 17.9 Å². The Morgan fingerprint density at radius 2 is 1.81 bits per heavy atom. The van der Waals surface area contributed by atoms with Gasteiger partial charge in [-0.1, -0.05) is 12.1 Å². The molecule has 1 fully saturated rings. The van der Waals surface area contributed by atoms with E-state index >= 15 is 0 Å². The second kappa shape index (κ2) is 7.91. The summed E-state index contributed by atoms with van der Waals surface area (Å²) in [5, 5.41) is 2.83. The molecular weight excluding hydrogens is 350 g/mol. The van der Waals surface area contributed by atoms with Gasteiger partial charge in [-0.3, -0.25) is 4.79 Å². The first kappa shape index (κ1) is 18.5. The monoisotopic (exact) mass is 373 g/mol. The van der Waals surface area contributed by atoms with Crippen LogP contribution >= 0.6 is 0 Å². The van der Waals surface area contributed by atoms with Gasteiger partial charge in [0.05, 0.1) is 11.9 Å². The zero-order valence-electron chi connectivity index (χ0n) is 14.8. The zero-order chi connectivity index (χ0) is 18.6. The first-order chi connectivity index (χ1) is 12.4. The Morgan fingerprint density at radius 3 is 2.46 bits per heavy atom. The van der Waals surface area contributed by atoms with Gasteiger partial charge in [0.25, 0.3) is 5.91 Å². The van der Waals surface area contributed by atoms with E-state index < -0.39 is 9.84 Å². The maximum atomic E-state index is 12.4. The number of carbonyl (C=O) groups excluding carboxylic acids is 1. The Balaban J connectivity index is 1.63. The van der Waals surface area contributed by atoms with Crippen molar-refractivity contribution in [3.05, 3.63) is 59.7 Å². The van der Waals surface area contributed by atoms with Crippen LogP contribution in [0.3, 0.4) is 0 Å². The molecule has 0 aromatic heterocycles. The van der Waals surface area contributed by atoms with E-state index in [-0.39, 0.29) is 11.7 Å². The highest BCUT2D eigenvalue weighted by Gasteiger charge is 2.16.